The van der Waals surface area contributed by atoms with Gasteiger partial charge in [-0.25, -0.2) is 5.01 Å². The molecule has 3 aromatic rings. The van der Waals surface area contributed by atoms with Crippen molar-refractivity contribution >= 4 is 23.2 Å². The number of carbonyl (C=O) groups excluding carboxylic acids is 1. The van der Waals surface area contributed by atoms with E-state index in [1.807, 2.05) is 61.5 Å². The minimum absolute atomic E-state index is 0.0314. The van der Waals surface area contributed by atoms with Crippen molar-refractivity contribution in [1.29, 1.82) is 0 Å². The largest absolute Gasteiger partial charge is 0.271 e. The molecule has 1 atom stereocenters. The minimum Gasteiger partial charge on any atom is -0.271 e. The van der Waals surface area contributed by atoms with E-state index in [0.717, 1.165) is 22.4 Å². The maximum atomic E-state index is 12.9. The van der Waals surface area contributed by atoms with Crippen LogP contribution in [0.25, 0.3) is 0 Å². The number of nitrogens with zero attached hydrogens (tertiary/aromatic N) is 4. The predicted molar refractivity (Wildman–Crippen MR) is 114 cm³/mol. The maximum absolute atomic E-state index is 12.9. The lowest BCUT2D eigenvalue weighted by atomic mass is 10.1. The Balaban J connectivity index is 1.68. The second-order valence-corrected chi connectivity index (χ2v) is 7.41. The van der Waals surface area contributed by atoms with E-state index in [0.29, 0.717) is 18.1 Å². The summed E-state index contributed by atoms with van der Waals surface area (Å²) in [5.41, 5.74) is 3.82. The minimum atomic E-state index is -0.284. The Morgan fingerprint density at radius 3 is 2.45 bits per heavy atom. The van der Waals surface area contributed by atoms with Gasteiger partial charge in [0.25, 0.3) is 5.91 Å². The van der Waals surface area contributed by atoms with Crippen molar-refractivity contribution in [3.63, 3.8) is 0 Å². The van der Waals surface area contributed by atoms with Gasteiger partial charge in [-0.2, -0.15) is 5.10 Å². The number of aromatic nitrogens is 1. The predicted octanol–water partition coefficient (Wildman–Crippen LogP) is 4.50. The lowest BCUT2D eigenvalue weighted by Gasteiger charge is -2.27. The van der Waals surface area contributed by atoms with E-state index in [1.54, 1.807) is 17.4 Å². The molecule has 5 nitrogen and oxygen atoms in total. The van der Waals surface area contributed by atoms with E-state index in [4.69, 9.17) is 16.7 Å². The van der Waals surface area contributed by atoms with Gasteiger partial charge in [0.05, 0.1) is 12.3 Å². The van der Waals surface area contributed by atoms with Gasteiger partial charge in [-0.05, 0) is 47.9 Å². The number of pyridine rings is 1. The summed E-state index contributed by atoms with van der Waals surface area (Å²) in [7, 11) is 0. The van der Waals surface area contributed by atoms with Crippen molar-refractivity contribution in [2.45, 2.75) is 19.6 Å². The molecule has 1 saturated heterocycles. The average Bonchev–Trinajstić information content (AvgIpc) is 3.04. The summed E-state index contributed by atoms with van der Waals surface area (Å²) in [6.07, 6.45) is 3.20. The topological polar surface area (TPSA) is 48.8 Å². The molecule has 2 aromatic carbocycles. The van der Waals surface area contributed by atoms with Crippen molar-refractivity contribution in [2.75, 3.05) is 6.54 Å². The number of hydrazone groups is 1. The first-order chi connectivity index (χ1) is 14.1. The van der Waals surface area contributed by atoms with E-state index in [9.17, 15) is 4.79 Å². The van der Waals surface area contributed by atoms with Gasteiger partial charge in [0.15, 0.2) is 0 Å². The highest BCUT2D eigenvalue weighted by molar-refractivity contribution is 6.30. The third-order valence-electron chi connectivity index (χ3n) is 4.92. The molecular formula is C23H21ClN4O. The molecule has 1 unspecified atom stereocenters. The number of rotatable bonds is 5. The van der Waals surface area contributed by atoms with Crippen molar-refractivity contribution in [3.05, 3.63) is 101 Å². The van der Waals surface area contributed by atoms with Crippen LogP contribution in [0.4, 0.5) is 0 Å². The third-order valence-corrected chi connectivity index (χ3v) is 5.18. The Morgan fingerprint density at radius 2 is 1.76 bits per heavy atom. The number of benzene rings is 2. The zero-order valence-corrected chi connectivity index (χ0v) is 16.8. The Labute approximate surface area is 175 Å². The smallest absolute Gasteiger partial charge is 0.258 e. The Kier molecular flexibility index (Phi) is 5.69. The second kappa shape index (κ2) is 8.55. The van der Waals surface area contributed by atoms with E-state index >= 15 is 0 Å². The molecule has 0 saturated carbocycles. The molecular weight excluding hydrogens is 384 g/mol. The monoisotopic (exact) mass is 404 g/mol. The van der Waals surface area contributed by atoms with Crippen LogP contribution in [0.5, 0.6) is 0 Å². The van der Waals surface area contributed by atoms with Crippen molar-refractivity contribution in [2.24, 2.45) is 5.10 Å². The lowest BCUT2D eigenvalue weighted by molar-refractivity contribution is -0.128. The quantitative estimate of drug-likeness (QED) is 0.588. The Hall–Kier alpha value is -3.02. The molecule has 0 bridgehead atoms. The normalized spacial score (nSPS) is 17.7. The number of halogens is 1. The van der Waals surface area contributed by atoms with Gasteiger partial charge in [-0.1, -0.05) is 54.1 Å². The maximum Gasteiger partial charge on any atom is 0.258 e. The van der Waals surface area contributed by atoms with Crippen LogP contribution in [-0.2, 0) is 11.3 Å². The fourth-order valence-electron chi connectivity index (χ4n) is 3.49. The standard InChI is InChI=1S/C23H21ClN4O/c1-17(19-7-9-21(24)10-8-19)26-28-22(29)16-27(15-18-5-3-2-4-6-18)23(28)20-11-13-25-14-12-20/h2-14,23H,15-16H2,1H3/b26-17+. The molecule has 29 heavy (non-hydrogen) atoms. The fraction of sp³-hybridized carbons (Fsp3) is 0.174. The van der Waals surface area contributed by atoms with E-state index in [1.165, 1.54) is 0 Å². The number of carbonyl (C=O) groups is 1. The molecule has 0 aliphatic carbocycles. The molecule has 1 aliphatic heterocycles. The van der Waals surface area contributed by atoms with Gasteiger partial charge in [-0.3, -0.25) is 14.7 Å². The Morgan fingerprint density at radius 1 is 1.07 bits per heavy atom. The van der Waals surface area contributed by atoms with Crippen LogP contribution in [0.3, 0.4) is 0 Å². The van der Waals surface area contributed by atoms with Crippen molar-refractivity contribution < 1.29 is 4.79 Å². The first-order valence-electron chi connectivity index (χ1n) is 9.43. The van der Waals surface area contributed by atoms with Crippen LogP contribution in [0.15, 0.2) is 84.2 Å². The molecule has 6 heteroatoms. The van der Waals surface area contributed by atoms with Gasteiger partial charge in [0.2, 0.25) is 0 Å². The highest BCUT2D eigenvalue weighted by atomic mass is 35.5. The number of amides is 1. The lowest BCUT2D eigenvalue weighted by Crippen LogP contribution is -2.29. The summed E-state index contributed by atoms with van der Waals surface area (Å²) in [6.45, 7) is 2.87. The summed E-state index contributed by atoms with van der Waals surface area (Å²) in [5, 5.41) is 6.96. The summed E-state index contributed by atoms with van der Waals surface area (Å²) in [5.74, 6) is -0.0314. The molecule has 2 heterocycles. The van der Waals surface area contributed by atoms with Crippen molar-refractivity contribution in [1.82, 2.24) is 14.9 Å². The molecule has 0 N–H and O–H groups in total. The van der Waals surface area contributed by atoms with Gasteiger partial charge < -0.3 is 0 Å². The van der Waals surface area contributed by atoms with Crippen LogP contribution in [-0.4, -0.2) is 33.1 Å². The number of hydrogen-bond donors (Lipinski definition) is 0. The second-order valence-electron chi connectivity index (χ2n) is 6.98. The van der Waals surface area contributed by atoms with Gasteiger partial charge in [0.1, 0.15) is 6.17 Å². The SMILES string of the molecule is C/C(=N\N1C(=O)CN(Cc2ccccc2)C1c1ccncc1)c1ccc(Cl)cc1. The van der Waals surface area contributed by atoms with Crippen LogP contribution in [0.2, 0.25) is 5.02 Å². The highest BCUT2D eigenvalue weighted by Gasteiger charge is 2.39. The molecule has 1 amide bonds. The van der Waals surface area contributed by atoms with Gasteiger partial charge >= 0.3 is 0 Å². The first kappa shape index (κ1) is 19.3. The van der Waals surface area contributed by atoms with Crippen LogP contribution < -0.4 is 0 Å². The molecule has 1 fully saturated rings. The third kappa shape index (κ3) is 4.36. The molecule has 0 radical (unpaired) electrons. The van der Waals surface area contributed by atoms with E-state index < -0.39 is 0 Å². The van der Waals surface area contributed by atoms with Gasteiger partial charge in [-0.15, -0.1) is 0 Å². The van der Waals surface area contributed by atoms with Gasteiger partial charge in [0, 0.05) is 24.0 Å². The summed E-state index contributed by atoms with van der Waals surface area (Å²) in [4.78, 5) is 19.2. The first-order valence-corrected chi connectivity index (χ1v) is 9.81. The zero-order chi connectivity index (χ0) is 20.2. The zero-order valence-electron chi connectivity index (χ0n) is 16.1. The average molecular weight is 405 g/mol. The summed E-state index contributed by atoms with van der Waals surface area (Å²) >= 11 is 5.99. The van der Waals surface area contributed by atoms with Crippen LogP contribution in [0.1, 0.15) is 29.8 Å². The van der Waals surface area contributed by atoms with Crippen LogP contribution >= 0.6 is 11.6 Å². The van der Waals surface area contributed by atoms with Crippen molar-refractivity contribution in [3.8, 4) is 0 Å². The molecule has 146 valence electrons. The summed E-state index contributed by atoms with van der Waals surface area (Å²) < 4.78 is 0. The summed E-state index contributed by atoms with van der Waals surface area (Å²) in [6, 6.07) is 21.5. The molecule has 4 rings (SSSR count). The van der Waals surface area contributed by atoms with E-state index in [2.05, 4.69) is 22.0 Å². The highest BCUT2D eigenvalue weighted by Crippen LogP contribution is 2.32. The number of hydrogen-bond acceptors (Lipinski definition) is 4. The molecule has 1 aromatic heterocycles. The fourth-order valence-corrected chi connectivity index (χ4v) is 3.62. The van der Waals surface area contributed by atoms with Crippen LogP contribution in [0, 0.1) is 0 Å². The molecule has 0 spiro atoms. The van der Waals surface area contributed by atoms with E-state index in [-0.39, 0.29) is 12.1 Å². The Bertz CT molecular complexity index is 1010. The molecule has 1 aliphatic rings.